The molecular formula is C12H12N2O3S. The fraction of sp³-hybridized carbons (Fsp3) is 0.250. The van der Waals surface area contributed by atoms with Gasteiger partial charge in [0.05, 0.1) is 5.04 Å². The SMILES string of the molecule is CC(=O)Nc1cccc(C2=N[C@H](C(=O)O)CS2)c1. The van der Waals surface area contributed by atoms with E-state index in [1.807, 2.05) is 6.07 Å². The summed E-state index contributed by atoms with van der Waals surface area (Å²) < 4.78 is 0. The summed E-state index contributed by atoms with van der Waals surface area (Å²) >= 11 is 1.42. The number of hydrogen-bond acceptors (Lipinski definition) is 4. The third kappa shape index (κ3) is 2.89. The van der Waals surface area contributed by atoms with Crippen LogP contribution in [0.5, 0.6) is 0 Å². The Bertz CT molecular complexity index is 528. The maximum Gasteiger partial charge on any atom is 0.329 e. The Balaban J connectivity index is 2.21. The van der Waals surface area contributed by atoms with Crippen LogP contribution in [-0.4, -0.2) is 33.8 Å². The first-order chi connectivity index (χ1) is 8.56. The van der Waals surface area contributed by atoms with E-state index in [0.717, 1.165) is 5.56 Å². The van der Waals surface area contributed by atoms with E-state index in [-0.39, 0.29) is 5.91 Å². The molecule has 5 nitrogen and oxygen atoms in total. The molecule has 0 aliphatic carbocycles. The van der Waals surface area contributed by atoms with E-state index in [2.05, 4.69) is 10.3 Å². The van der Waals surface area contributed by atoms with Crippen LogP contribution in [0.25, 0.3) is 0 Å². The molecule has 0 spiro atoms. The van der Waals surface area contributed by atoms with Crippen molar-refractivity contribution in [2.45, 2.75) is 13.0 Å². The Hall–Kier alpha value is -1.82. The van der Waals surface area contributed by atoms with Crippen molar-refractivity contribution < 1.29 is 14.7 Å². The number of thioether (sulfide) groups is 1. The van der Waals surface area contributed by atoms with Crippen molar-refractivity contribution in [3.63, 3.8) is 0 Å². The number of anilines is 1. The second-order valence-corrected chi connectivity index (χ2v) is 4.87. The number of carbonyl (C=O) groups excluding carboxylic acids is 1. The smallest absolute Gasteiger partial charge is 0.329 e. The molecular weight excluding hydrogens is 252 g/mol. The Morgan fingerprint density at radius 1 is 1.50 bits per heavy atom. The fourth-order valence-electron chi connectivity index (χ4n) is 1.59. The molecule has 2 N–H and O–H groups in total. The first-order valence-electron chi connectivity index (χ1n) is 5.37. The maximum atomic E-state index is 11.0. The van der Waals surface area contributed by atoms with Crippen molar-refractivity contribution in [2.75, 3.05) is 11.1 Å². The number of aliphatic carboxylic acids is 1. The standard InChI is InChI=1S/C12H12N2O3S/c1-7(15)13-9-4-2-3-8(5-9)11-14-10(6-18-11)12(16)17/h2-5,10H,6H2,1H3,(H,13,15)(H,16,17)/t10-/m0/s1. The minimum Gasteiger partial charge on any atom is -0.480 e. The molecule has 1 atom stereocenters. The zero-order chi connectivity index (χ0) is 13.1. The number of nitrogens with one attached hydrogen (secondary N) is 1. The molecule has 0 radical (unpaired) electrons. The van der Waals surface area contributed by atoms with E-state index in [4.69, 9.17) is 5.11 Å². The number of carbonyl (C=O) groups is 2. The van der Waals surface area contributed by atoms with Crippen molar-refractivity contribution in [2.24, 2.45) is 4.99 Å². The van der Waals surface area contributed by atoms with Gasteiger partial charge in [0.2, 0.25) is 5.91 Å². The molecule has 0 bridgehead atoms. The van der Waals surface area contributed by atoms with Gasteiger partial charge in [0.1, 0.15) is 0 Å². The predicted molar refractivity (Wildman–Crippen MR) is 71.2 cm³/mol. The van der Waals surface area contributed by atoms with E-state index in [1.165, 1.54) is 18.7 Å². The first-order valence-corrected chi connectivity index (χ1v) is 6.36. The third-order valence-electron chi connectivity index (χ3n) is 2.37. The highest BCUT2D eigenvalue weighted by Gasteiger charge is 2.25. The molecule has 6 heteroatoms. The molecule has 18 heavy (non-hydrogen) atoms. The van der Waals surface area contributed by atoms with E-state index in [0.29, 0.717) is 16.5 Å². The molecule has 1 aliphatic rings. The van der Waals surface area contributed by atoms with Gasteiger partial charge in [-0.3, -0.25) is 9.79 Å². The summed E-state index contributed by atoms with van der Waals surface area (Å²) in [6, 6.07) is 6.55. The summed E-state index contributed by atoms with van der Waals surface area (Å²) in [5.41, 5.74) is 1.51. The molecule has 0 saturated carbocycles. The minimum absolute atomic E-state index is 0.142. The van der Waals surface area contributed by atoms with Crippen LogP contribution in [0.1, 0.15) is 12.5 Å². The summed E-state index contributed by atoms with van der Waals surface area (Å²) in [5, 5.41) is 12.3. The second kappa shape index (κ2) is 5.22. The van der Waals surface area contributed by atoms with E-state index in [9.17, 15) is 9.59 Å². The fourth-order valence-corrected chi connectivity index (χ4v) is 2.62. The van der Waals surface area contributed by atoms with Crippen molar-refractivity contribution in [3.05, 3.63) is 29.8 Å². The van der Waals surface area contributed by atoms with Crippen LogP contribution in [0.3, 0.4) is 0 Å². The van der Waals surface area contributed by atoms with Crippen LogP contribution in [0.4, 0.5) is 5.69 Å². The lowest BCUT2D eigenvalue weighted by molar-refractivity contribution is -0.137. The number of carboxylic acids is 1. The van der Waals surface area contributed by atoms with E-state index < -0.39 is 12.0 Å². The van der Waals surface area contributed by atoms with Gasteiger partial charge >= 0.3 is 5.97 Å². The van der Waals surface area contributed by atoms with Gasteiger partial charge in [0.15, 0.2) is 6.04 Å². The van der Waals surface area contributed by atoms with Crippen molar-refractivity contribution in [1.29, 1.82) is 0 Å². The van der Waals surface area contributed by atoms with Crippen molar-refractivity contribution in [1.82, 2.24) is 0 Å². The van der Waals surface area contributed by atoms with Crippen molar-refractivity contribution >= 4 is 34.4 Å². The predicted octanol–water partition coefficient (Wildman–Crippen LogP) is 1.59. The van der Waals surface area contributed by atoms with Crippen LogP contribution < -0.4 is 5.32 Å². The lowest BCUT2D eigenvalue weighted by Crippen LogP contribution is -2.17. The highest BCUT2D eigenvalue weighted by atomic mass is 32.2. The van der Waals surface area contributed by atoms with Crippen LogP contribution in [0.2, 0.25) is 0 Å². The highest BCUT2D eigenvalue weighted by molar-refractivity contribution is 8.14. The minimum atomic E-state index is -0.907. The van der Waals surface area contributed by atoms with Crippen LogP contribution in [0.15, 0.2) is 29.3 Å². The quantitative estimate of drug-likeness (QED) is 0.869. The van der Waals surface area contributed by atoms with Gasteiger partial charge in [0.25, 0.3) is 0 Å². The van der Waals surface area contributed by atoms with Gasteiger partial charge < -0.3 is 10.4 Å². The average Bonchev–Trinajstić information content (AvgIpc) is 2.77. The number of hydrogen-bond donors (Lipinski definition) is 2. The van der Waals surface area contributed by atoms with Crippen LogP contribution in [-0.2, 0) is 9.59 Å². The number of rotatable bonds is 3. The molecule has 0 fully saturated rings. The summed E-state index contributed by atoms with van der Waals surface area (Å²) in [7, 11) is 0. The highest BCUT2D eigenvalue weighted by Crippen LogP contribution is 2.25. The lowest BCUT2D eigenvalue weighted by Gasteiger charge is -2.04. The van der Waals surface area contributed by atoms with Gasteiger partial charge in [-0.05, 0) is 12.1 Å². The molecule has 0 unspecified atom stereocenters. The summed E-state index contributed by atoms with van der Waals surface area (Å²) in [4.78, 5) is 25.9. The molecule has 1 heterocycles. The number of carboxylic acid groups (broad SMARTS) is 1. The molecule has 1 aromatic carbocycles. The lowest BCUT2D eigenvalue weighted by atomic mass is 10.2. The second-order valence-electron chi connectivity index (χ2n) is 3.86. The molecule has 2 rings (SSSR count). The number of amides is 1. The summed E-state index contributed by atoms with van der Waals surface area (Å²) in [6.07, 6.45) is 0. The Morgan fingerprint density at radius 3 is 2.89 bits per heavy atom. The van der Waals surface area contributed by atoms with Gasteiger partial charge in [0, 0.05) is 23.9 Å². The van der Waals surface area contributed by atoms with Gasteiger partial charge in [-0.25, -0.2) is 4.79 Å². The zero-order valence-corrected chi connectivity index (χ0v) is 10.5. The summed E-state index contributed by atoms with van der Waals surface area (Å²) in [6.45, 7) is 1.44. The topological polar surface area (TPSA) is 78.8 Å². The van der Waals surface area contributed by atoms with E-state index in [1.54, 1.807) is 18.2 Å². The normalized spacial score (nSPS) is 18.3. The van der Waals surface area contributed by atoms with Gasteiger partial charge in [-0.2, -0.15) is 0 Å². The molecule has 1 amide bonds. The van der Waals surface area contributed by atoms with E-state index >= 15 is 0 Å². The zero-order valence-electron chi connectivity index (χ0n) is 9.71. The van der Waals surface area contributed by atoms with Crippen LogP contribution in [0, 0.1) is 0 Å². The average molecular weight is 264 g/mol. The third-order valence-corrected chi connectivity index (χ3v) is 3.46. The van der Waals surface area contributed by atoms with Crippen LogP contribution >= 0.6 is 11.8 Å². The molecule has 94 valence electrons. The number of benzene rings is 1. The Kier molecular flexibility index (Phi) is 3.66. The molecule has 1 aliphatic heterocycles. The first kappa shape index (κ1) is 12.6. The van der Waals surface area contributed by atoms with Crippen molar-refractivity contribution in [3.8, 4) is 0 Å². The number of aliphatic imine (C=N–C) groups is 1. The van der Waals surface area contributed by atoms with Gasteiger partial charge in [-0.15, -0.1) is 11.8 Å². The molecule has 1 aromatic rings. The largest absolute Gasteiger partial charge is 0.480 e. The molecule has 0 saturated heterocycles. The van der Waals surface area contributed by atoms with Gasteiger partial charge in [-0.1, -0.05) is 12.1 Å². The maximum absolute atomic E-state index is 11.0. The number of nitrogens with zero attached hydrogens (tertiary/aromatic N) is 1. The Morgan fingerprint density at radius 2 is 2.28 bits per heavy atom. The summed E-state index contributed by atoms with van der Waals surface area (Å²) in [5.74, 6) is -0.596. The Labute approximate surface area is 108 Å². The monoisotopic (exact) mass is 264 g/mol. The molecule has 0 aromatic heterocycles.